The summed E-state index contributed by atoms with van der Waals surface area (Å²) < 4.78 is 29.3. The van der Waals surface area contributed by atoms with Crippen molar-refractivity contribution in [2.45, 2.75) is 19.3 Å². The van der Waals surface area contributed by atoms with Gasteiger partial charge in [0, 0.05) is 42.4 Å². The van der Waals surface area contributed by atoms with Crippen molar-refractivity contribution in [1.29, 1.82) is 0 Å². The van der Waals surface area contributed by atoms with Crippen molar-refractivity contribution in [3.63, 3.8) is 0 Å². The molecular weight excluding hydrogens is 380 g/mol. The molecule has 0 bridgehead atoms. The minimum Gasteiger partial charge on any atom is -0.760 e. The van der Waals surface area contributed by atoms with E-state index in [9.17, 15) is 8.76 Å². The number of ether oxygens (including phenoxy) is 1. The Morgan fingerprint density at radius 3 is 3.00 bits per heavy atom. The van der Waals surface area contributed by atoms with Gasteiger partial charge < -0.3 is 14.2 Å². The van der Waals surface area contributed by atoms with Gasteiger partial charge in [-0.05, 0) is 31.2 Å². The fourth-order valence-corrected chi connectivity index (χ4v) is 4.09. The van der Waals surface area contributed by atoms with E-state index in [-0.39, 0.29) is 0 Å². The third-order valence-corrected chi connectivity index (χ3v) is 5.53. The first-order valence-corrected chi connectivity index (χ1v) is 10.3. The topological polar surface area (TPSA) is 116 Å². The van der Waals surface area contributed by atoms with Crippen molar-refractivity contribution >= 4 is 39.0 Å². The molecule has 1 aliphatic rings. The number of nitrogens with zero attached hydrogens (tertiary/aromatic N) is 5. The zero-order valence-electron chi connectivity index (χ0n) is 15.5. The second-order valence-corrected chi connectivity index (χ2v) is 7.57. The summed E-state index contributed by atoms with van der Waals surface area (Å²) in [7, 11) is 1.58. The van der Waals surface area contributed by atoms with Gasteiger partial charge in [-0.1, -0.05) is 0 Å². The Labute approximate surface area is 165 Å². The monoisotopic (exact) mass is 401 g/mol. The lowest BCUT2D eigenvalue weighted by Crippen LogP contribution is -2.27. The Hall–Kier alpha value is -2.43. The van der Waals surface area contributed by atoms with Crippen LogP contribution in [0.5, 0.6) is 5.88 Å². The first-order valence-electron chi connectivity index (χ1n) is 9.18. The molecule has 3 aromatic rings. The van der Waals surface area contributed by atoms with Gasteiger partial charge in [0.25, 0.3) is 0 Å². The van der Waals surface area contributed by atoms with E-state index in [4.69, 9.17) is 4.74 Å². The van der Waals surface area contributed by atoms with Crippen molar-refractivity contribution in [2.24, 2.45) is 5.92 Å². The van der Waals surface area contributed by atoms with Crippen molar-refractivity contribution in [3.05, 3.63) is 24.7 Å². The molecule has 0 radical (unpaired) electrons. The van der Waals surface area contributed by atoms with Gasteiger partial charge in [0.1, 0.15) is 12.1 Å². The van der Waals surface area contributed by atoms with Gasteiger partial charge in [-0.2, -0.15) is 4.98 Å². The minimum absolute atomic E-state index is 0.320. The van der Waals surface area contributed by atoms with Crippen LogP contribution in [0.1, 0.15) is 19.3 Å². The second kappa shape index (κ2) is 8.29. The number of pyridine rings is 2. The Kier molecular flexibility index (Phi) is 5.60. The number of fused-ring (bicyclic) bond motifs is 3. The van der Waals surface area contributed by atoms with Gasteiger partial charge >= 0.3 is 0 Å². The zero-order chi connectivity index (χ0) is 19.5. The maximum absolute atomic E-state index is 10.8. The second-order valence-electron chi connectivity index (χ2n) is 6.81. The molecule has 4 heterocycles. The molecule has 0 aromatic carbocycles. The van der Waals surface area contributed by atoms with Gasteiger partial charge in [-0.15, -0.1) is 0 Å². The van der Waals surface area contributed by atoms with Crippen LogP contribution in [-0.2, 0) is 11.3 Å². The molecule has 3 aromatic heterocycles. The van der Waals surface area contributed by atoms with Crippen LogP contribution >= 0.6 is 0 Å². The lowest BCUT2D eigenvalue weighted by Gasteiger charge is -2.23. The molecule has 0 saturated carbocycles. The molecule has 0 aliphatic carbocycles. The minimum atomic E-state index is -2.21. The zero-order valence-corrected chi connectivity index (χ0v) is 16.3. The van der Waals surface area contributed by atoms with E-state index in [0.717, 1.165) is 54.5 Å². The first kappa shape index (κ1) is 18.9. The van der Waals surface area contributed by atoms with Crippen LogP contribution < -0.4 is 14.4 Å². The summed E-state index contributed by atoms with van der Waals surface area (Å²) in [4.78, 5) is 20.0. The molecular formula is C18H21N6O3S-. The van der Waals surface area contributed by atoms with Crippen LogP contribution in [0, 0.1) is 5.92 Å². The Morgan fingerprint density at radius 1 is 1.29 bits per heavy atom. The predicted octanol–water partition coefficient (Wildman–Crippen LogP) is 1.57. The number of nitrogens with one attached hydrogen (secondary N) is 1. The lowest BCUT2D eigenvalue weighted by molar-refractivity contribution is 0.399. The summed E-state index contributed by atoms with van der Waals surface area (Å²) >= 11 is -2.21. The molecule has 2 atom stereocenters. The van der Waals surface area contributed by atoms with E-state index in [2.05, 4.69) is 29.6 Å². The van der Waals surface area contributed by atoms with Crippen LogP contribution in [0.25, 0.3) is 21.9 Å². The number of rotatable bonds is 5. The van der Waals surface area contributed by atoms with Gasteiger partial charge in [-0.25, -0.2) is 19.7 Å². The highest BCUT2D eigenvalue weighted by molar-refractivity contribution is 7.77. The average molecular weight is 401 g/mol. The molecule has 10 heteroatoms. The number of hydrogen-bond acceptors (Lipinski definition) is 8. The fraction of sp³-hybridized carbons (Fsp3) is 0.444. The maximum Gasteiger partial charge on any atom is 0.215 e. The highest BCUT2D eigenvalue weighted by atomic mass is 32.2. The van der Waals surface area contributed by atoms with Crippen molar-refractivity contribution in [3.8, 4) is 5.88 Å². The van der Waals surface area contributed by atoms with Gasteiger partial charge in [0.05, 0.1) is 24.2 Å². The third kappa shape index (κ3) is 3.89. The van der Waals surface area contributed by atoms with E-state index in [1.807, 2.05) is 12.1 Å². The molecule has 0 amide bonds. The van der Waals surface area contributed by atoms with E-state index >= 15 is 0 Å². The van der Waals surface area contributed by atoms with Crippen LogP contribution in [0.15, 0.2) is 24.7 Å². The van der Waals surface area contributed by atoms with Crippen LogP contribution in [-0.4, -0.2) is 55.4 Å². The Morgan fingerprint density at radius 2 is 2.18 bits per heavy atom. The van der Waals surface area contributed by atoms with Crippen molar-refractivity contribution in [1.82, 2.24) is 24.7 Å². The maximum atomic E-state index is 10.8. The Bertz CT molecular complexity index is 1020. The van der Waals surface area contributed by atoms with Gasteiger partial charge in [0.2, 0.25) is 5.88 Å². The van der Waals surface area contributed by atoms with Crippen molar-refractivity contribution < 1.29 is 13.5 Å². The van der Waals surface area contributed by atoms with E-state index < -0.39 is 11.3 Å². The highest BCUT2D eigenvalue weighted by Gasteiger charge is 2.21. The first-order chi connectivity index (χ1) is 13.7. The summed E-state index contributed by atoms with van der Waals surface area (Å²) in [5, 5.41) is 1.82. The van der Waals surface area contributed by atoms with E-state index in [1.54, 1.807) is 19.6 Å². The molecule has 2 unspecified atom stereocenters. The molecule has 9 nitrogen and oxygen atoms in total. The summed E-state index contributed by atoms with van der Waals surface area (Å²) in [6, 6.07) is 3.75. The summed E-state index contributed by atoms with van der Waals surface area (Å²) in [5.74, 6) is 1.70. The standard InChI is InChI=1S/C18H22N6O3S/c1-27-15-5-4-13-16-14(10-19-17(13)23-15)20-11-21-18(16)24-7-2-3-12(6-8-24)9-22-28(25)26/h4-5,10-12,22H,2-3,6-9H2,1H3,(H,25,26)/p-1. The molecule has 1 fully saturated rings. The smallest absolute Gasteiger partial charge is 0.215 e. The molecule has 1 N–H and O–H groups in total. The molecule has 1 aliphatic heterocycles. The molecule has 1 saturated heterocycles. The molecule has 4 rings (SSSR count). The SMILES string of the molecule is COc1ccc2c(ncc3ncnc(N4CCCC(CNS(=O)[O-])CC4)c32)n1. The quantitative estimate of drug-likeness (QED) is 0.506. The number of methoxy groups -OCH3 is 1. The van der Waals surface area contributed by atoms with Crippen molar-refractivity contribution in [2.75, 3.05) is 31.6 Å². The summed E-state index contributed by atoms with van der Waals surface area (Å²) in [5.41, 5.74) is 1.37. The van der Waals surface area contributed by atoms with Crippen LogP contribution in [0.4, 0.5) is 5.82 Å². The largest absolute Gasteiger partial charge is 0.760 e. The van der Waals surface area contributed by atoms with Gasteiger partial charge in [-0.3, -0.25) is 4.21 Å². The molecule has 148 valence electrons. The van der Waals surface area contributed by atoms with E-state index in [0.29, 0.717) is 24.0 Å². The fourth-order valence-electron chi connectivity index (χ4n) is 3.71. The van der Waals surface area contributed by atoms with Crippen LogP contribution in [0.3, 0.4) is 0 Å². The third-order valence-electron chi connectivity index (χ3n) is 5.13. The molecule has 0 spiro atoms. The number of anilines is 1. The summed E-state index contributed by atoms with van der Waals surface area (Å²) in [6.45, 7) is 2.14. The average Bonchev–Trinajstić information content (AvgIpc) is 2.96. The van der Waals surface area contributed by atoms with E-state index in [1.165, 1.54) is 0 Å². The molecule has 28 heavy (non-hydrogen) atoms. The number of hydrogen-bond donors (Lipinski definition) is 1. The van der Waals surface area contributed by atoms with Gasteiger partial charge in [0.15, 0.2) is 5.65 Å². The van der Waals surface area contributed by atoms with Crippen LogP contribution in [0.2, 0.25) is 0 Å². The number of aromatic nitrogens is 4. The predicted molar refractivity (Wildman–Crippen MR) is 106 cm³/mol. The lowest BCUT2D eigenvalue weighted by atomic mass is 10.0. The Balaban J connectivity index is 1.68. The highest BCUT2D eigenvalue weighted by Crippen LogP contribution is 2.31. The normalized spacial score (nSPS) is 18.9. The summed E-state index contributed by atoms with van der Waals surface area (Å²) in [6.07, 6.45) is 6.12.